The average Bonchev–Trinajstić information content (AvgIpc) is 3.20. The summed E-state index contributed by atoms with van der Waals surface area (Å²) in [5.41, 5.74) is -1.82. The van der Waals surface area contributed by atoms with Crippen LogP contribution >= 0.6 is 23.2 Å². The SMILES string of the molecule is CN1C2CCC1(OC(=O)C(=O)OC13CCC(CC(Oc4ccc(Cl)cc4)C1)N3C)CC(Oc1ccc(Cl)cc1)C2. The maximum Gasteiger partial charge on any atom is 0.419 e. The number of benzene rings is 2. The van der Waals surface area contributed by atoms with Crippen molar-refractivity contribution in [3.63, 3.8) is 0 Å². The Morgan fingerprint density at radius 3 is 1.45 bits per heavy atom. The first-order valence-electron chi connectivity index (χ1n) is 13.9. The third-order valence-corrected chi connectivity index (χ3v) is 9.75. The number of carbonyl (C=O) groups is 2. The van der Waals surface area contributed by atoms with Gasteiger partial charge in [-0.2, -0.15) is 0 Å². The van der Waals surface area contributed by atoms with Crippen molar-refractivity contribution < 1.29 is 28.5 Å². The Hall–Kier alpha value is -2.52. The van der Waals surface area contributed by atoms with Crippen molar-refractivity contribution in [1.82, 2.24) is 9.80 Å². The Morgan fingerprint density at radius 1 is 0.700 bits per heavy atom. The fourth-order valence-corrected chi connectivity index (χ4v) is 7.32. The number of hydrogen-bond donors (Lipinski definition) is 0. The maximum absolute atomic E-state index is 13.3. The zero-order chi connectivity index (χ0) is 28.1. The number of piperidine rings is 2. The van der Waals surface area contributed by atoms with E-state index in [1.54, 1.807) is 24.3 Å². The Bertz CT molecular complexity index is 1160. The number of carbonyl (C=O) groups excluding carboxylic acids is 2. The highest BCUT2D eigenvalue weighted by Gasteiger charge is 2.57. The molecule has 10 heteroatoms. The summed E-state index contributed by atoms with van der Waals surface area (Å²) in [6.07, 6.45) is 5.23. The van der Waals surface area contributed by atoms with E-state index in [-0.39, 0.29) is 24.3 Å². The summed E-state index contributed by atoms with van der Waals surface area (Å²) in [6, 6.07) is 14.8. The summed E-state index contributed by atoms with van der Waals surface area (Å²) in [5, 5.41) is 1.28. The standard InChI is InChI=1S/C30H34Cl2N2O6/c1-33-21-11-13-29(33,17-25(15-21)37-23-7-3-19(31)4-8-23)39-27(35)28(36)40-30-14-12-22(34(30)2)16-26(18-30)38-24-9-5-20(32)6-10-24/h3-10,21-22,25-26H,11-18H2,1-2H3. The van der Waals surface area contributed by atoms with Gasteiger partial charge in [0.05, 0.1) is 0 Å². The Labute approximate surface area is 244 Å². The van der Waals surface area contributed by atoms with Gasteiger partial charge in [0.15, 0.2) is 11.4 Å². The molecular formula is C30H34Cl2N2O6. The van der Waals surface area contributed by atoms with Crippen molar-refractivity contribution in [3.05, 3.63) is 58.6 Å². The minimum atomic E-state index is -0.966. The van der Waals surface area contributed by atoms with Crippen LogP contribution in [-0.4, -0.2) is 71.6 Å². The van der Waals surface area contributed by atoms with Gasteiger partial charge in [-0.15, -0.1) is 0 Å². The molecule has 0 aromatic heterocycles. The van der Waals surface area contributed by atoms with E-state index in [9.17, 15) is 9.59 Å². The predicted octanol–water partition coefficient (Wildman–Crippen LogP) is 5.44. The van der Waals surface area contributed by atoms with E-state index in [1.165, 1.54) is 0 Å². The zero-order valence-electron chi connectivity index (χ0n) is 22.7. The zero-order valence-corrected chi connectivity index (χ0v) is 24.2. The van der Waals surface area contributed by atoms with Crippen molar-refractivity contribution in [2.24, 2.45) is 0 Å². The van der Waals surface area contributed by atoms with Gasteiger partial charge in [-0.1, -0.05) is 23.2 Å². The molecule has 4 bridgehead atoms. The molecule has 8 nitrogen and oxygen atoms in total. The topological polar surface area (TPSA) is 77.5 Å². The molecule has 4 fully saturated rings. The van der Waals surface area contributed by atoms with Gasteiger partial charge >= 0.3 is 11.9 Å². The van der Waals surface area contributed by atoms with Crippen LogP contribution in [0.25, 0.3) is 0 Å². The second kappa shape index (κ2) is 10.7. The number of fused-ring (bicyclic) bond motifs is 4. The third kappa shape index (κ3) is 5.27. The molecule has 4 aliphatic heterocycles. The molecule has 0 radical (unpaired) electrons. The first-order chi connectivity index (χ1) is 19.1. The third-order valence-electron chi connectivity index (χ3n) is 9.25. The summed E-state index contributed by atoms with van der Waals surface area (Å²) in [7, 11) is 3.89. The number of hydrogen-bond acceptors (Lipinski definition) is 8. The lowest BCUT2D eigenvalue weighted by molar-refractivity contribution is -0.216. The number of ether oxygens (including phenoxy) is 4. The van der Waals surface area contributed by atoms with Crippen LogP contribution in [0.2, 0.25) is 10.0 Å². The van der Waals surface area contributed by atoms with Crippen molar-refractivity contribution >= 4 is 35.1 Å². The summed E-state index contributed by atoms with van der Waals surface area (Å²) >= 11 is 12.0. The molecule has 6 atom stereocenters. The maximum atomic E-state index is 13.3. The summed E-state index contributed by atoms with van der Waals surface area (Å²) in [5.74, 6) is -0.507. The van der Waals surface area contributed by atoms with Crippen LogP contribution in [0.15, 0.2) is 48.5 Å². The van der Waals surface area contributed by atoms with E-state index < -0.39 is 23.4 Å². The van der Waals surface area contributed by atoms with Crippen LogP contribution in [0.1, 0.15) is 51.4 Å². The second-order valence-corrected chi connectivity index (χ2v) is 12.4. The molecule has 0 amide bonds. The fraction of sp³-hybridized carbons (Fsp3) is 0.533. The highest BCUT2D eigenvalue weighted by atomic mass is 35.5. The lowest BCUT2D eigenvalue weighted by atomic mass is 9.97. The van der Waals surface area contributed by atoms with Crippen LogP contribution in [0, 0.1) is 0 Å². The molecule has 0 spiro atoms. The van der Waals surface area contributed by atoms with Crippen molar-refractivity contribution in [2.45, 2.75) is 87.1 Å². The minimum absolute atomic E-state index is 0.155. The average molecular weight is 590 g/mol. The second-order valence-electron chi connectivity index (χ2n) is 11.5. The van der Waals surface area contributed by atoms with E-state index in [1.807, 2.05) is 38.4 Å². The molecule has 2 aromatic rings. The highest BCUT2D eigenvalue weighted by molar-refractivity contribution is 6.31. The van der Waals surface area contributed by atoms with Crippen LogP contribution in [0.4, 0.5) is 0 Å². The van der Waals surface area contributed by atoms with E-state index in [0.29, 0.717) is 47.2 Å². The van der Waals surface area contributed by atoms with Gasteiger partial charge in [-0.3, -0.25) is 9.80 Å². The monoisotopic (exact) mass is 588 g/mol. The first kappa shape index (κ1) is 27.6. The minimum Gasteiger partial charge on any atom is -0.490 e. The molecule has 2 aromatic carbocycles. The van der Waals surface area contributed by atoms with Crippen LogP contribution in [-0.2, 0) is 19.1 Å². The van der Waals surface area contributed by atoms with E-state index >= 15 is 0 Å². The highest BCUT2D eigenvalue weighted by Crippen LogP contribution is 2.47. The van der Waals surface area contributed by atoms with Crippen molar-refractivity contribution in [1.29, 1.82) is 0 Å². The fourth-order valence-electron chi connectivity index (χ4n) is 7.07. The molecule has 214 valence electrons. The van der Waals surface area contributed by atoms with Gasteiger partial charge in [-0.05, 0) is 75.5 Å². The molecule has 40 heavy (non-hydrogen) atoms. The van der Waals surface area contributed by atoms with Gasteiger partial charge in [0.2, 0.25) is 0 Å². The molecule has 6 rings (SSSR count). The number of halogens is 2. The smallest absolute Gasteiger partial charge is 0.419 e. The lowest BCUT2D eigenvalue weighted by Crippen LogP contribution is -2.58. The number of rotatable bonds is 6. The normalized spacial score (nSPS) is 33.4. The molecule has 0 saturated carbocycles. The van der Waals surface area contributed by atoms with Gasteiger partial charge in [0.1, 0.15) is 23.7 Å². The Balaban J connectivity index is 1.12. The molecule has 0 aliphatic carbocycles. The lowest BCUT2D eigenvalue weighted by Gasteiger charge is -2.45. The van der Waals surface area contributed by atoms with Crippen molar-refractivity contribution in [2.75, 3.05) is 14.1 Å². The van der Waals surface area contributed by atoms with E-state index in [2.05, 4.69) is 9.80 Å². The Kier molecular flexibility index (Phi) is 7.40. The van der Waals surface area contributed by atoms with Crippen LogP contribution < -0.4 is 9.47 Å². The summed E-state index contributed by atoms with van der Waals surface area (Å²) in [6.45, 7) is 0. The first-order valence-corrected chi connectivity index (χ1v) is 14.7. The molecule has 4 aliphatic rings. The van der Waals surface area contributed by atoms with Gasteiger partial charge in [-0.25, -0.2) is 9.59 Å². The van der Waals surface area contributed by atoms with E-state index in [0.717, 1.165) is 25.7 Å². The number of esters is 2. The van der Waals surface area contributed by atoms with E-state index in [4.69, 9.17) is 42.1 Å². The van der Waals surface area contributed by atoms with Gasteiger partial charge in [0, 0.05) is 60.7 Å². The summed E-state index contributed by atoms with van der Waals surface area (Å²) < 4.78 is 24.4. The van der Waals surface area contributed by atoms with Gasteiger partial charge in [0.25, 0.3) is 0 Å². The Morgan fingerprint density at radius 2 is 1.07 bits per heavy atom. The predicted molar refractivity (Wildman–Crippen MR) is 149 cm³/mol. The molecular weight excluding hydrogens is 555 g/mol. The number of nitrogens with zero attached hydrogens (tertiary/aromatic N) is 2. The molecule has 4 saturated heterocycles. The van der Waals surface area contributed by atoms with Crippen molar-refractivity contribution in [3.8, 4) is 11.5 Å². The molecule has 4 heterocycles. The quantitative estimate of drug-likeness (QED) is 0.326. The van der Waals surface area contributed by atoms with Gasteiger partial charge < -0.3 is 18.9 Å². The summed E-state index contributed by atoms with van der Waals surface area (Å²) in [4.78, 5) is 30.7. The molecule has 6 unspecified atom stereocenters. The van der Waals surface area contributed by atoms with Crippen LogP contribution in [0.5, 0.6) is 11.5 Å². The van der Waals surface area contributed by atoms with Crippen LogP contribution in [0.3, 0.4) is 0 Å². The molecule has 0 N–H and O–H groups in total. The largest absolute Gasteiger partial charge is 0.490 e.